The number of benzene rings is 2. The molecule has 2 rings (SSSR count). The number of hydrogen-bond acceptors (Lipinski definition) is 2. The van der Waals surface area contributed by atoms with Gasteiger partial charge in [0.15, 0.2) is 6.61 Å². The van der Waals surface area contributed by atoms with E-state index in [-0.39, 0.29) is 12.2 Å². The molecule has 0 heterocycles. The molecule has 0 fully saturated rings. The predicted molar refractivity (Wildman–Crippen MR) is 75.3 cm³/mol. The fourth-order valence-corrected chi connectivity index (χ4v) is 1.83. The van der Waals surface area contributed by atoms with Crippen LogP contribution in [0.25, 0.3) is 0 Å². The van der Waals surface area contributed by atoms with E-state index in [9.17, 15) is 13.6 Å². The number of Topliss-reactive ketones (excluding diaryl/α,β-unsaturated/α-hetero) is 1. The molecule has 2 nitrogen and oxygen atoms in total. The molecule has 0 saturated carbocycles. The molecule has 0 bridgehead atoms. The van der Waals surface area contributed by atoms with E-state index in [0.29, 0.717) is 11.8 Å². The summed E-state index contributed by atoms with van der Waals surface area (Å²) in [5, 5.41) is 0. The van der Waals surface area contributed by atoms with Crippen molar-refractivity contribution in [2.45, 2.75) is 0 Å². The van der Waals surface area contributed by atoms with Crippen molar-refractivity contribution in [3.05, 3.63) is 63.2 Å². The maximum Gasteiger partial charge on any atom is 0.203 e. The molecule has 0 radical (unpaired) electrons. The summed E-state index contributed by atoms with van der Waals surface area (Å²) in [5.41, 5.74) is -0.174. The van der Waals surface area contributed by atoms with Gasteiger partial charge in [0, 0.05) is 9.64 Å². The number of rotatable bonds is 4. The first-order valence-electron chi connectivity index (χ1n) is 5.43. The second kappa shape index (κ2) is 6.10. The van der Waals surface area contributed by atoms with Crippen molar-refractivity contribution in [2.24, 2.45) is 0 Å². The summed E-state index contributed by atoms with van der Waals surface area (Å²) in [6.45, 7) is -0.289. The predicted octanol–water partition coefficient (Wildman–Crippen LogP) is 3.83. The van der Waals surface area contributed by atoms with Crippen LogP contribution in [-0.4, -0.2) is 12.4 Å². The zero-order valence-electron chi connectivity index (χ0n) is 9.70. The molecule has 0 atom stereocenters. The molecule has 0 N–H and O–H groups in total. The van der Waals surface area contributed by atoms with Crippen LogP contribution in [0.4, 0.5) is 8.78 Å². The lowest BCUT2D eigenvalue weighted by Gasteiger charge is -2.06. The normalized spacial score (nSPS) is 10.3. The van der Waals surface area contributed by atoms with Gasteiger partial charge in [-0.05, 0) is 59.0 Å². The van der Waals surface area contributed by atoms with E-state index in [1.54, 1.807) is 12.1 Å². The zero-order chi connectivity index (χ0) is 13.8. The zero-order valence-corrected chi connectivity index (χ0v) is 11.9. The van der Waals surface area contributed by atoms with Gasteiger partial charge in [-0.25, -0.2) is 8.78 Å². The quantitative estimate of drug-likeness (QED) is 0.601. The Bertz CT molecular complexity index is 597. The largest absolute Gasteiger partial charge is 0.485 e. The Labute approximate surface area is 122 Å². The van der Waals surface area contributed by atoms with Crippen LogP contribution >= 0.6 is 22.6 Å². The molecule has 0 aliphatic carbocycles. The minimum Gasteiger partial charge on any atom is -0.485 e. The fraction of sp³-hybridized carbons (Fsp3) is 0.0714. The van der Waals surface area contributed by atoms with Gasteiger partial charge in [0.1, 0.15) is 17.4 Å². The first-order valence-corrected chi connectivity index (χ1v) is 6.51. The molecule has 2 aromatic rings. The second-order valence-electron chi connectivity index (χ2n) is 3.79. The molecule has 0 spiro atoms. The summed E-state index contributed by atoms with van der Waals surface area (Å²) >= 11 is 2.15. The van der Waals surface area contributed by atoms with Gasteiger partial charge >= 0.3 is 0 Å². The number of hydrogen-bond donors (Lipinski definition) is 0. The van der Waals surface area contributed by atoms with Crippen molar-refractivity contribution in [1.82, 2.24) is 0 Å². The maximum atomic E-state index is 13.4. The Morgan fingerprint density at radius 3 is 2.42 bits per heavy atom. The third-order valence-corrected chi connectivity index (χ3v) is 3.13. The summed E-state index contributed by atoms with van der Waals surface area (Å²) in [5.74, 6) is -1.60. The lowest BCUT2D eigenvalue weighted by atomic mass is 10.1. The highest BCUT2D eigenvalue weighted by molar-refractivity contribution is 14.1. The van der Waals surface area contributed by atoms with Crippen LogP contribution < -0.4 is 4.74 Å². The highest BCUT2D eigenvalue weighted by atomic mass is 127. The van der Waals surface area contributed by atoms with Crippen molar-refractivity contribution < 1.29 is 18.3 Å². The minimum atomic E-state index is -0.879. The van der Waals surface area contributed by atoms with Crippen LogP contribution in [0.1, 0.15) is 10.4 Å². The molecule has 5 heteroatoms. The van der Waals surface area contributed by atoms with Gasteiger partial charge in [0.25, 0.3) is 0 Å². The molecule has 0 amide bonds. The van der Waals surface area contributed by atoms with Gasteiger partial charge < -0.3 is 4.74 Å². The Morgan fingerprint density at radius 2 is 1.79 bits per heavy atom. The molecule has 98 valence electrons. The average molecular weight is 374 g/mol. The van der Waals surface area contributed by atoms with E-state index in [2.05, 4.69) is 22.6 Å². The van der Waals surface area contributed by atoms with E-state index in [4.69, 9.17) is 4.74 Å². The highest BCUT2D eigenvalue weighted by Crippen LogP contribution is 2.15. The van der Waals surface area contributed by atoms with Crippen molar-refractivity contribution in [3.63, 3.8) is 0 Å². The molecule has 0 unspecified atom stereocenters. The number of carbonyl (C=O) groups is 1. The van der Waals surface area contributed by atoms with Crippen LogP contribution in [0.3, 0.4) is 0 Å². The van der Waals surface area contributed by atoms with Gasteiger partial charge in [-0.3, -0.25) is 4.79 Å². The lowest BCUT2D eigenvalue weighted by molar-refractivity contribution is 0.0917. The van der Waals surface area contributed by atoms with Gasteiger partial charge in [0.05, 0.1) is 5.56 Å². The summed E-state index contributed by atoms with van der Waals surface area (Å²) in [6, 6.07) is 9.94. The monoisotopic (exact) mass is 374 g/mol. The van der Waals surface area contributed by atoms with Crippen molar-refractivity contribution in [3.8, 4) is 5.75 Å². The molecule has 2 aromatic carbocycles. The molecule has 19 heavy (non-hydrogen) atoms. The number of carbonyl (C=O) groups excluding carboxylic acids is 1. The van der Waals surface area contributed by atoms with Crippen molar-refractivity contribution in [1.29, 1.82) is 0 Å². The smallest absolute Gasteiger partial charge is 0.203 e. The fourth-order valence-electron chi connectivity index (χ4n) is 1.47. The Kier molecular flexibility index (Phi) is 4.47. The third-order valence-electron chi connectivity index (χ3n) is 2.42. The first kappa shape index (κ1) is 13.9. The van der Waals surface area contributed by atoms with Gasteiger partial charge in [0.2, 0.25) is 5.78 Å². The number of halogens is 3. The van der Waals surface area contributed by atoms with Crippen LogP contribution in [0.2, 0.25) is 0 Å². The summed E-state index contributed by atoms with van der Waals surface area (Å²) in [6.07, 6.45) is 0. The standard InChI is InChI=1S/C14H9F2IO2/c15-9-1-6-12(13(16)7-9)14(18)8-19-11-4-2-10(17)3-5-11/h1-7H,8H2. The van der Waals surface area contributed by atoms with E-state index >= 15 is 0 Å². The highest BCUT2D eigenvalue weighted by Gasteiger charge is 2.13. The topological polar surface area (TPSA) is 26.3 Å². The number of ketones is 1. The summed E-state index contributed by atoms with van der Waals surface area (Å²) < 4.78 is 32.4. The summed E-state index contributed by atoms with van der Waals surface area (Å²) in [7, 11) is 0. The molecular formula is C14H9F2IO2. The summed E-state index contributed by atoms with van der Waals surface area (Å²) in [4.78, 5) is 11.7. The van der Waals surface area contributed by atoms with Crippen LogP contribution in [0.5, 0.6) is 5.75 Å². The van der Waals surface area contributed by atoms with Crippen molar-refractivity contribution in [2.75, 3.05) is 6.61 Å². The molecular weight excluding hydrogens is 365 g/mol. The molecule has 0 saturated heterocycles. The van der Waals surface area contributed by atoms with E-state index in [0.717, 1.165) is 15.7 Å². The minimum absolute atomic E-state index is 0.174. The number of ether oxygens (including phenoxy) is 1. The Morgan fingerprint density at radius 1 is 1.11 bits per heavy atom. The van der Waals surface area contributed by atoms with E-state index in [1.807, 2.05) is 12.1 Å². The molecule has 0 aromatic heterocycles. The molecule has 0 aliphatic rings. The van der Waals surface area contributed by atoms with Crippen molar-refractivity contribution >= 4 is 28.4 Å². The Hall–Kier alpha value is -1.50. The molecule has 0 aliphatic heterocycles. The third kappa shape index (κ3) is 3.73. The Balaban J connectivity index is 2.03. The SMILES string of the molecule is O=C(COc1ccc(I)cc1)c1ccc(F)cc1F. The first-order chi connectivity index (χ1) is 9.06. The average Bonchev–Trinajstić information content (AvgIpc) is 2.37. The van der Waals surface area contributed by atoms with Gasteiger partial charge in [-0.15, -0.1) is 0 Å². The second-order valence-corrected chi connectivity index (χ2v) is 5.04. The van der Waals surface area contributed by atoms with Gasteiger partial charge in [-0.1, -0.05) is 0 Å². The van der Waals surface area contributed by atoms with Crippen LogP contribution in [-0.2, 0) is 0 Å². The van der Waals surface area contributed by atoms with E-state index < -0.39 is 17.4 Å². The van der Waals surface area contributed by atoms with Crippen LogP contribution in [0.15, 0.2) is 42.5 Å². The van der Waals surface area contributed by atoms with Crippen LogP contribution in [0, 0.1) is 15.2 Å². The van der Waals surface area contributed by atoms with E-state index in [1.165, 1.54) is 0 Å². The lowest BCUT2D eigenvalue weighted by Crippen LogP contribution is -2.13. The maximum absolute atomic E-state index is 13.4. The van der Waals surface area contributed by atoms with Gasteiger partial charge in [-0.2, -0.15) is 0 Å².